The second-order valence-corrected chi connectivity index (χ2v) is 7.67. The minimum Gasteiger partial charge on any atom is -0.493 e. The molecule has 1 aliphatic heterocycles. The Morgan fingerprint density at radius 1 is 1.00 bits per heavy atom. The Bertz CT molecular complexity index is 1080. The van der Waals surface area contributed by atoms with E-state index in [0.717, 1.165) is 11.3 Å². The number of ketones is 1. The van der Waals surface area contributed by atoms with Gasteiger partial charge in [0.15, 0.2) is 6.61 Å². The Morgan fingerprint density at radius 2 is 1.77 bits per heavy atom. The van der Waals surface area contributed by atoms with Crippen LogP contribution in [-0.2, 0) is 9.53 Å². The predicted octanol–water partition coefficient (Wildman–Crippen LogP) is 3.78. The fraction of sp³-hybridized carbons (Fsp3) is 0.174. The van der Waals surface area contributed by atoms with Crippen LogP contribution in [0, 0.1) is 0 Å². The van der Waals surface area contributed by atoms with E-state index in [-0.39, 0.29) is 23.0 Å². The first-order valence-corrected chi connectivity index (χ1v) is 10.4. The van der Waals surface area contributed by atoms with Gasteiger partial charge in [-0.25, -0.2) is 4.79 Å². The van der Waals surface area contributed by atoms with Gasteiger partial charge in [-0.2, -0.15) is 0 Å². The summed E-state index contributed by atoms with van der Waals surface area (Å²) in [6, 6.07) is 17.2. The van der Waals surface area contributed by atoms with Crippen LogP contribution in [0.5, 0.6) is 5.75 Å². The summed E-state index contributed by atoms with van der Waals surface area (Å²) in [5, 5.41) is 4.68. The molecule has 0 radical (unpaired) electrons. The maximum atomic E-state index is 12.7. The molecule has 152 valence electrons. The summed E-state index contributed by atoms with van der Waals surface area (Å²) in [5.74, 6) is -0.627. The van der Waals surface area contributed by atoms with Crippen molar-refractivity contribution in [2.75, 3.05) is 13.2 Å². The Hall–Kier alpha value is -3.45. The third kappa shape index (κ3) is 4.26. The van der Waals surface area contributed by atoms with Crippen LogP contribution in [0.3, 0.4) is 0 Å². The third-order valence-electron chi connectivity index (χ3n) is 4.76. The molecular weight excluding hydrogens is 402 g/mol. The number of para-hydroxylation sites is 1. The van der Waals surface area contributed by atoms with Crippen LogP contribution in [0.2, 0.25) is 0 Å². The molecule has 1 amide bonds. The van der Waals surface area contributed by atoms with Crippen molar-refractivity contribution in [3.63, 3.8) is 0 Å². The lowest BCUT2D eigenvalue weighted by molar-refractivity contribution is -0.125. The van der Waals surface area contributed by atoms with Crippen molar-refractivity contribution < 1.29 is 23.9 Å². The van der Waals surface area contributed by atoms with Crippen molar-refractivity contribution in [3.05, 3.63) is 87.6 Å². The highest BCUT2D eigenvalue weighted by Gasteiger charge is 2.24. The van der Waals surface area contributed by atoms with Gasteiger partial charge in [0.2, 0.25) is 5.78 Å². The maximum absolute atomic E-state index is 12.7. The van der Waals surface area contributed by atoms with Gasteiger partial charge < -0.3 is 14.8 Å². The minimum absolute atomic E-state index is 0.139. The Morgan fingerprint density at radius 3 is 2.57 bits per heavy atom. The van der Waals surface area contributed by atoms with Gasteiger partial charge in [0.1, 0.15) is 5.75 Å². The molecule has 3 aromatic rings. The molecule has 0 saturated heterocycles. The fourth-order valence-electron chi connectivity index (χ4n) is 3.34. The molecule has 0 fully saturated rings. The molecule has 0 aliphatic carbocycles. The molecule has 0 bridgehead atoms. The largest absolute Gasteiger partial charge is 0.493 e. The van der Waals surface area contributed by atoms with E-state index in [2.05, 4.69) is 5.32 Å². The Balaban J connectivity index is 1.40. The lowest BCUT2D eigenvalue weighted by atomic mass is 10.0. The van der Waals surface area contributed by atoms with Crippen LogP contribution in [0.15, 0.2) is 66.0 Å². The average Bonchev–Trinajstić information content (AvgIpc) is 3.32. The molecule has 0 spiro atoms. The lowest BCUT2D eigenvalue weighted by Gasteiger charge is -2.26. The Kier molecular flexibility index (Phi) is 5.90. The predicted molar refractivity (Wildman–Crippen MR) is 112 cm³/mol. The van der Waals surface area contributed by atoms with E-state index in [9.17, 15) is 14.4 Å². The van der Waals surface area contributed by atoms with Crippen LogP contribution in [0.25, 0.3) is 0 Å². The number of nitrogens with one attached hydrogen (secondary N) is 1. The maximum Gasteiger partial charge on any atom is 0.339 e. The van der Waals surface area contributed by atoms with E-state index >= 15 is 0 Å². The monoisotopic (exact) mass is 421 g/mol. The van der Waals surface area contributed by atoms with Crippen molar-refractivity contribution in [1.29, 1.82) is 0 Å². The zero-order valence-corrected chi connectivity index (χ0v) is 16.8. The van der Waals surface area contributed by atoms with Crippen molar-refractivity contribution in [2.45, 2.75) is 12.5 Å². The highest BCUT2D eigenvalue weighted by Crippen LogP contribution is 2.31. The number of hydrogen-bond donors (Lipinski definition) is 1. The van der Waals surface area contributed by atoms with Gasteiger partial charge in [0.25, 0.3) is 5.91 Å². The quantitative estimate of drug-likeness (QED) is 0.484. The van der Waals surface area contributed by atoms with Gasteiger partial charge in [-0.05, 0) is 23.6 Å². The molecule has 1 N–H and O–H groups in total. The number of ether oxygens (including phenoxy) is 2. The summed E-state index contributed by atoms with van der Waals surface area (Å²) < 4.78 is 10.8. The molecule has 1 aliphatic rings. The number of amides is 1. The first kappa shape index (κ1) is 19.8. The molecule has 1 atom stereocenters. The number of fused-ring (bicyclic) bond motifs is 1. The lowest BCUT2D eigenvalue weighted by Crippen LogP contribution is -2.35. The van der Waals surface area contributed by atoms with Crippen LogP contribution < -0.4 is 10.1 Å². The van der Waals surface area contributed by atoms with Crippen LogP contribution >= 0.6 is 11.3 Å². The van der Waals surface area contributed by atoms with E-state index in [1.807, 2.05) is 24.3 Å². The highest BCUT2D eigenvalue weighted by atomic mass is 32.1. The molecule has 7 heteroatoms. The molecule has 1 aromatic heterocycles. The number of esters is 1. The molecule has 1 unspecified atom stereocenters. The topological polar surface area (TPSA) is 81.7 Å². The molecule has 2 aromatic carbocycles. The van der Waals surface area contributed by atoms with Crippen molar-refractivity contribution in [1.82, 2.24) is 5.32 Å². The van der Waals surface area contributed by atoms with Gasteiger partial charge in [-0.3, -0.25) is 9.59 Å². The number of carbonyl (C=O) groups excluding carboxylic acids is 3. The molecule has 6 nitrogen and oxygen atoms in total. The molecule has 4 rings (SSSR count). The number of benzene rings is 2. The normalized spacial score (nSPS) is 14.9. The van der Waals surface area contributed by atoms with Gasteiger partial charge in [0, 0.05) is 17.5 Å². The fourth-order valence-corrected chi connectivity index (χ4v) is 4.01. The summed E-state index contributed by atoms with van der Waals surface area (Å²) in [6.07, 6.45) is 0.634. The zero-order chi connectivity index (χ0) is 20.9. The van der Waals surface area contributed by atoms with E-state index in [1.54, 1.807) is 35.7 Å². The van der Waals surface area contributed by atoms with Crippen LogP contribution in [-0.4, -0.2) is 30.9 Å². The van der Waals surface area contributed by atoms with Gasteiger partial charge >= 0.3 is 5.97 Å². The van der Waals surface area contributed by atoms with Gasteiger partial charge in [-0.1, -0.05) is 42.5 Å². The van der Waals surface area contributed by atoms with Gasteiger partial charge in [0.05, 0.1) is 23.1 Å². The molecule has 2 heterocycles. The molecular formula is C23H19NO5S. The summed E-state index contributed by atoms with van der Waals surface area (Å²) in [4.78, 5) is 38.1. The summed E-state index contributed by atoms with van der Waals surface area (Å²) in [5.41, 5.74) is 1.29. The highest BCUT2D eigenvalue weighted by molar-refractivity contribution is 7.12. The van der Waals surface area contributed by atoms with E-state index < -0.39 is 18.5 Å². The van der Waals surface area contributed by atoms with Gasteiger partial charge in [-0.15, -0.1) is 11.3 Å². The van der Waals surface area contributed by atoms with Crippen molar-refractivity contribution in [3.8, 4) is 5.75 Å². The Labute approximate surface area is 177 Å². The van der Waals surface area contributed by atoms with E-state index in [0.29, 0.717) is 17.9 Å². The second kappa shape index (κ2) is 8.92. The number of thiophene rings is 1. The zero-order valence-electron chi connectivity index (χ0n) is 16.0. The van der Waals surface area contributed by atoms with Crippen LogP contribution in [0.1, 0.15) is 43.6 Å². The van der Waals surface area contributed by atoms with Crippen molar-refractivity contribution in [2.24, 2.45) is 0 Å². The minimum atomic E-state index is -0.710. The average molecular weight is 421 g/mol. The van der Waals surface area contributed by atoms with E-state index in [4.69, 9.17) is 9.47 Å². The summed E-state index contributed by atoms with van der Waals surface area (Å²) in [6.45, 7) is 0.0693. The number of carbonyl (C=O) groups is 3. The second-order valence-electron chi connectivity index (χ2n) is 6.72. The van der Waals surface area contributed by atoms with Crippen LogP contribution in [0.4, 0.5) is 0 Å². The van der Waals surface area contributed by atoms with Crippen molar-refractivity contribution >= 4 is 29.0 Å². The SMILES string of the molecule is O=C(COC(=O)c1ccccc1C(=O)c1cccs1)NC1CCOc2ccccc21. The third-order valence-corrected chi connectivity index (χ3v) is 5.63. The standard InChI is InChI=1S/C23H19NO5S/c25-21(24-18-11-12-28-19-9-4-3-8-17(18)19)14-29-23(27)16-7-2-1-6-15(16)22(26)20-10-5-13-30-20/h1-10,13,18H,11-12,14H2,(H,24,25). The molecule has 30 heavy (non-hydrogen) atoms. The summed E-state index contributed by atoms with van der Waals surface area (Å²) >= 11 is 1.30. The first-order chi connectivity index (χ1) is 14.6. The number of hydrogen-bond acceptors (Lipinski definition) is 6. The first-order valence-electron chi connectivity index (χ1n) is 9.49. The molecule has 0 saturated carbocycles. The van der Waals surface area contributed by atoms with E-state index in [1.165, 1.54) is 17.4 Å². The number of rotatable bonds is 6. The smallest absolute Gasteiger partial charge is 0.339 e. The summed E-state index contributed by atoms with van der Waals surface area (Å²) in [7, 11) is 0.